The maximum atomic E-state index is 10.7. The number of primary sulfonamides is 1. The Morgan fingerprint density at radius 3 is 2.37 bits per heavy atom. The van der Waals surface area contributed by atoms with Crippen LogP contribution in [0.4, 0.5) is 0 Å². The van der Waals surface area contributed by atoms with Crippen molar-refractivity contribution in [3.63, 3.8) is 0 Å². The highest BCUT2D eigenvalue weighted by Gasteiger charge is 2.01. The fraction of sp³-hybridized carbons (Fsp3) is 0.538. The van der Waals surface area contributed by atoms with Gasteiger partial charge in [0.15, 0.2) is 0 Å². The van der Waals surface area contributed by atoms with Gasteiger partial charge in [-0.25, -0.2) is 13.6 Å². The van der Waals surface area contributed by atoms with E-state index in [9.17, 15) is 8.42 Å². The molecule has 19 heavy (non-hydrogen) atoms. The molecule has 0 heterocycles. The molecule has 0 bridgehead atoms. The smallest absolute Gasteiger partial charge is 0.209 e. The number of ether oxygens (including phenoxy) is 2. The summed E-state index contributed by atoms with van der Waals surface area (Å²) in [5.74, 6) is 0.873. The van der Waals surface area contributed by atoms with Crippen molar-refractivity contribution < 1.29 is 17.9 Å². The first-order valence-corrected chi connectivity index (χ1v) is 7.94. The molecule has 0 atom stereocenters. The highest BCUT2D eigenvalue weighted by Crippen LogP contribution is 2.12. The molecule has 2 N–H and O–H groups in total. The van der Waals surface area contributed by atoms with Gasteiger partial charge in [0, 0.05) is 6.61 Å². The molecule has 1 aromatic carbocycles. The molecule has 0 aliphatic heterocycles. The minimum absolute atomic E-state index is 0.0471. The summed E-state index contributed by atoms with van der Waals surface area (Å²) in [7, 11) is -1.69. The molecule has 0 spiro atoms. The largest absolute Gasteiger partial charge is 0.497 e. The van der Waals surface area contributed by atoms with Gasteiger partial charge in [-0.3, -0.25) is 0 Å². The van der Waals surface area contributed by atoms with Crippen LogP contribution in [0.5, 0.6) is 5.75 Å². The van der Waals surface area contributed by atoms with Crippen LogP contribution >= 0.6 is 0 Å². The van der Waals surface area contributed by atoms with E-state index in [1.807, 2.05) is 24.3 Å². The molecule has 1 rings (SSSR count). The van der Waals surface area contributed by atoms with E-state index < -0.39 is 10.0 Å². The van der Waals surface area contributed by atoms with Crippen molar-refractivity contribution in [3.8, 4) is 5.75 Å². The third-order valence-corrected chi connectivity index (χ3v) is 3.50. The molecule has 0 unspecified atom stereocenters. The first-order valence-electron chi connectivity index (χ1n) is 6.22. The number of sulfonamides is 1. The van der Waals surface area contributed by atoms with Crippen LogP contribution in [0.15, 0.2) is 24.3 Å². The minimum Gasteiger partial charge on any atom is -0.497 e. The predicted molar refractivity (Wildman–Crippen MR) is 74.5 cm³/mol. The van der Waals surface area contributed by atoms with Gasteiger partial charge in [-0.1, -0.05) is 18.6 Å². The molecule has 0 aliphatic rings. The van der Waals surface area contributed by atoms with Crippen LogP contribution in [0.3, 0.4) is 0 Å². The molecular formula is C13H21NO4S. The first-order chi connectivity index (χ1) is 9.01. The van der Waals surface area contributed by atoms with E-state index in [1.54, 1.807) is 7.11 Å². The Balaban J connectivity index is 2.07. The molecule has 6 heteroatoms. The summed E-state index contributed by atoms with van der Waals surface area (Å²) < 4.78 is 32.0. The average molecular weight is 287 g/mol. The lowest BCUT2D eigenvalue weighted by Gasteiger charge is -2.05. The summed E-state index contributed by atoms with van der Waals surface area (Å²) in [5, 5.41) is 4.91. The second-order valence-corrected chi connectivity index (χ2v) is 6.06. The van der Waals surface area contributed by atoms with Gasteiger partial charge in [0.05, 0.1) is 19.5 Å². The van der Waals surface area contributed by atoms with Crippen LogP contribution in [0.25, 0.3) is 0 Å². The van der Waals surface area contributed by atoms with E-state index >= 15 is 0 Å². The van der Waals surface area contributed by atoms with Crippen molar-refractivity contribution in [1.82, 2.24) is 0 Å². The molecular weight excluding hydrogens is 266 g/mol. The van der Waals surface area contributed by atoms with Gasteiger partial charge in [0.25, 0.3) is 0 Å². The molecule has 1 aromatic rings. The van der Waals surface area contributed by atoms with Gasteiger partial charge in [-0.15, -0.1) is 0 Å². The lowest BCUT2D eigenvalue weighted by Crippen LogP contribution is -2.16. The molecule has 0 aromatic heterocycles. The highest BCUT2D eigenvalue weighted by molar-refractivity contribution is 7.89. The van der Waals surface area contributed by atoms with E-state index in [2.05, 4.69) is 0 Å². The van der Waals surface area contributed by atoms with Gasteiger partial charge in [-0.05, 0) is 30.5 Å². The second-order valence-electron chi connectivity index (χ2n) is 4.33. The fourth-order valence-electron chi connectivity index (χ4n) is 1.60. The van der Waals surface area contributed by atoms with Crippen LogP contribution in [-0.4, -0.2) is 27.9 Å². The number of benzene rings is 1. The third kappa shape index (κ3) is 7.81. The van der Waals surface area contributed by atoms with E-state index in [-0.39, 0.29) is 5.75 Å². The molecule has 0 amide bonds. The highest BCUT2D eigenvalue weighted by atomic mass is 32.2. The third-order valence-electron chi connectivity index (χ3n) is 2.65. The molecule has 0 saturated carbocycles. The van der Waals surface area contributed by atoms with E-state index in [0.717, 1.165) is 24.2 Å². The zero-order chi connectivity index (χ0) is 14.1. The van der Waals surface area contributed by atoms with Crippen LogP contribution < -0.4 is 9.88 Å². The lowest BCUT2D eigenvalue weighted by molar-refractivity contribution is 0.117. The maximum absolute atomic E-state index is 10.7. The maximum Gasteiger partial charge on any atom is 0.209 e. The Hall–Kier alpha value is -1.11. The van der Waals surface area contributed by atoms with Gasteiger partial charge in [-0.2, -0.15) is 0 Å². The first kappa shape index (κ1) is 15.9. The normalized spacial score (nSPS) is 11.5. The number of hydrogen-bond acceptors (Lipinski definition) is 4. The monoisotopic (exact) mass is 287 g/mol. The Labute approximate surface area is 114 Å². The van der Waals surface area contributed by atoms with Crippen molar-refractivity contribution in [2.75, 3.05) is 19.5 Å². The zero-order valence-electron chi connectivity index (χ0n) is 11.2. The van der Waals surface area contributed by atoms with Crippen molar-refractivity contribution in [3.05, 3.63) is 29.8 Å². The van der Waals surface area contributed by atoms with Gasteiger partial charge in [0.2, 0.25) is 10.0 Å². The van der Waals surface area contributed by atoms with Crippen molar-refractivity contribution in [1.29, 1.82) is 0 Å². The molecule has 108 valence electrons. The van der Waals surface area contributed by atoms with Gasteiger partial charge in [0.1, 0.15) is 5.75 Å². The van der Waals surface area contributed by atoms with Crippen molar-refractivity contribution in [2.24, 2.45) is 5.14 Å². The molecule has 0 radical (unpaired) electrons. The van der Waals surface area contributed by atoms with Crippen LogP contribution in [0.1, 0.15) is 24.8 Å². The summed E-state index contributed by atoms with van der Waals surface area (Å²) in [4.78, 5) is 0. The van der Waals surface area contributed by atoms with E-state index in [4.69, 9.17) is 14.6 Å². The fourth-order valence-corrected chi connectivity index (χ4v) is 2.20. The Bertz CT molecular complexity index is 456. The average Bonchev–Trinajstić information content (AvgIpc) is 2.37. The van der Waals surface area contributed by atoms with Crippen molar-refractivity contribution in [2.45, 2.75) is 25.9 Å². The minimum atomic E-state index is -3.32. The summed E-state index contributed by atoms with van der Waals surface area (Å²) in [6, 6.07) is 7.70. The predicted octanol–water partition coefficient (Wildman–Crippen LogP) is 1.67. The molecule has 0 saturated heterocycles. The second kappa shape index (κ2) is 8.14. The topological polar surface area (TPSA) is 78.6 Å². The summed E-state index contributed by atoms with van der Waals surface area (Å²) in [6.07, 6.45) is 2.23. The zero-order valence-corrected chi connectivity index (χ0v) is 12.0. The summed E-state index contributed by atoms with van der Waals surface area (Å²) in [6.45, 7) is 1.18. The molecule has 0 fully saturated rings. The SMILES string of the molecule is COc1ccc(COCCCCCS(N)(=O)=O)cc1. The quantitative estimate of drug-likeness (QED) is 0.701. The number of hydrogen-bond donors (Lipinski definition) is 1. The van der Waals surface area contributed by atoms with Crippen molar-refractivity contribution >= 4 is 10.0 Å². The van der Waals surface area contributed by atoms with Gasteiger partial charge >= 0.3 is 0 Å². The Kier molecular flexibility index (Phi) is 6.83. The number of methoxy groups -OCH3 is 1. The molecule has 0 aliphatic carbocycles. The molecule has 5 nitrogen and oxygen atoms in total. The lowest BCUT2D eigenvalue weighted by atomic mass is 10.2. The standard InChI is InChI=1S/C13H21NO4S/c1-17-13-7-5-12(6-8-13)11-18-9-3-2-4-10-19(14,15)16/h5-8H,2-4,9-11H2,1H3,(H2,14,15,16). The van der Waals surface area contributed by atoms with Crippen LogP contribution in [-0.2, 0) is 21.4 Å². The summed E-state index contributed by atoms with van der Waals surface area (Å²) >= 11 is 0. The number of rotatable bonds is 9. The number of nitrogens with two attached hydrogens (primary N) is 1. The summed E-state index contributed by atoms with van der Waals surface area (Å²) in [5.41, 5.74) is 1.09. The van der Waals surface area contributed by atoms with Crippen LogP contribution in [0.2, 0.25) is 0 Å². The van der Waals surface area contributed by atoms with E-state index in [1.165, 1.54) is 0 Å². The van der Waals surface area contributed by atoms with Crippen LogP contribution in [0, 0.1) is 0 Å². The van der Waals surface area contributed by atoms with E-state index in [0.29, 0.717) is 19.6 Å². The Morgan fingerprint density at radius 1 is 1.11 bits per heavy atom. The Morgan fingerprint density at radius 2 is 1.79 bits per heavy atom. The van der Waals surface area contributed by atoms with Gasteiger partial charge < -0.3 is 9.47 Å². The number of unbranched alkanes of at least 4 members (excludes halogenated alkanes) is 2.